The van der Waals surface area contributed by atoms with E-state index in [1.165, 1.54) is 25.7 Å². The molecule has 2 N–H and O–H groups in total. The lowest BCUT2D eigenvalue weighted by atomic mass is 9.93. The molecule has 1 aliphatic carbocycles. The van der Waals surface area contributed by atoms with Crippen LogP contribution in [0, 0.1) is 11.8 Å². The Morgan fingerprint density at radius 3 is 2.47 bits per heavy atom. The van der Waals surface area contributed by atoms with E-state index in [0.29, 0.717) is 18.2 Å². The van der Waals surface area contributed by atoms with Gasteiger partial charge in [0.1, 0.15) is 0 Å². The molecule has 1 saturated carbocycles. The van der Waals surface area contributed by atoms with Crippen molar-refractivity contribution in [3.05, 3.63) is 0 Å². The number of rotatable bonds is 3. The Kier molecular flexibility index (Phi) is 4.43. The smallest absolute Gasteiger partial charge is 0.222 e. The van der Waals surface area contributed by atoms with E-state index in [-0.39, 0.29) is 6.04 Å². The molecule has 1 aliphatic heterocycles. The minimum absolute atomic E-state index is 0.270. The van der Waals surface area contributed by atoms with E-state index in [1.807, 2.05) is 0 Å². The first kappa shape index (κ1) is 12.9. The van der Waals surface area contributed by atoms with E-state index >= 15 is 0 Å². The highest BCUT2D eigenvalue weighted by Gasteiger charge is 2.29. The third-order valence-corrected chi connectivity index (χ3v) is 4.70. The lowest BCUT2D eigenvalue weighted by Crippen LogP contribution is -2.40. The van der Waals surface area contributed by atoms with E-state index in [4.69, 9.17) is 5.73 Å². The molecule has 0 spiro atoms. The van der Waals surface area contributed by atoms with E-state index in [1.54, 1.807) is 0 Å². The van der Waals surface area contributed by atoms with Crippen LogP contribution in [-0.4, -0.2) is 29.9 Å². The summed E-state index contributed by atoms with van der Waals surface area (Å²) in [5, 5.41) is 0. The van der Waals surface area contributed by atoms with Crippen LogP contribution in [0.1, 0.15) is 51.9 Å². The molecule has 17 heavy (non-hydrogen) atoms. The van der Waals surface area contributed by atoms with Crippen LogP contribution in [0.15, 0.2) is 0 Å². The van der Waals surface area contributed by atoms with Gasteiger partial charge in [0.25, 0.3) is 0 Å². The molecule has 1 heterocycles. The lowest BCUT2D eigenvalue weighted by Gasteiger charge is -2.32. The minimum atomic E-state index is 0.270. The largest absolute Gasteiger partial charge is 0.343 e. The van der Waals surface area contributed by atoms with Crippen LogP contribution in [0.3, 0.4) is 0 Å². The van der Waals surface area contributed by atoms with Crippen molar-refractivity contribution in [3.63, 3.8) is 0 Å². The zero-order chi connectivity index (χ0) is 12.3. The summed E-state index contributed by atoms with van der Waals surface area (Å²) in [6, 6.07) is 0.270. The van der Waals surface area contributed by atoms with E-state index < -0.39 is 0 Å². The molecule has 3 nitrogen and oxygen atoms in total. The fourth-order valence-corrected chi connectivity index (χ4v) is 3.26. The van der Waals surface area contributed by atoms with Crippen LogP contribution >= 0.6 is 0 Å². The topological polar surface area (TPSA) is 46.3 Å². The average molecular weight is 238 g/mol. The molecule has 1 amide bonds. The summed E-state index contributed by atoms with van der Waals surface area (Å²) in [5.41, 5.74) is 6.03. The Morgan fingerprint density at radius 2 is 1.94 bits per heavy atom. The molecule has 2 rings (SSSR count). The minimum Gasteiger partial charge on any atom is -0.343 e. The maximum atomic E-state index is 12.2. The molecule has 0 unspecified atom stereocenters. The molecule has 2 aliphatic rings. The molecule has 98 valence electrons. The molecule has 0 aromatic heterocycles. The van der Waals surface area contributed by atoms with Gasteiger partial charge in [-0.1, -0.05) is 19.8 Å². The number of nitrogens with two attached hydrogens (primary N) is 1. The third kappa shape index (κ3) is 3.21. The van der Waals surface area contributed by atoms with Gasteiger partial charge < -0.3 is 10.6 Å². The third-order valence-electron chi connectivity index (χ3n) is 4.70. The van der Waals surface area contributed by atoms with Crippen LogP contribution in [0.25, 0.3) is 0 Å². The molecule has 0 aromatic rings. The van der Waals surface area contributed by atoms with Crippen molar-refractivity contribution in [3.8, 4) is 0 Å². The maximum absolute atomic E-state index is 12.2. The zero-order valence-electron chi connectivity index (χ0n) is 11.0. The van der Waals surface area contributed by atoms with E-state index in [9.17, 15) is 4.79 Å². The second kappa shape index (κ2) is 5.85. The number of likely N-dealkylation sites (tertiary alicyclic amines) is 1. The quantitative estimate of drug-likeness (QED) is 0.819. The van der Waals surface area contributed by atoms with E-state index in [2.05, 4.69) is 11.8 Å². The van der Waals surface area contributed by atoms with Crippen molar-refractivity contribution >= 4 is 5.91 Å². The van der Waals surface area contributed by atoms with Crippen molar-refractivity contribution in [2.75, 3.05) is 13.1 Å². The number of amides is 1. The van der Waals surface area contributed by atoms with Gasteiger partial charge in [-0.25, -0.2) is 0 Å². The predicted octanol–water partition coefficient (Wildman–Crippen LogP) is 2.15. The molecular weight excluding hydrogens is 212 g/mol. The molecule has 0 bridgehead atoms. The first-order chi connectivity index (χ1) is 8.20. The Balaban J connectivity index is 1.77. The van der Waals surface area contributed by atoms with Crippen LogP contribution in [0.4, 0.5) is 0 Å². The summed E-state index contributed by atoms with van der Waals surface area (Å²) < 4.78 is 0. The molecule has 2 atom stereocenters. The second-order valence-corrected chi connectivity index (χ2v) is 5.79. The molecular formula is C14H26N2O. The van der Waals surface area contributed by atoms with Gasteiger partial charge in [0.2, 0.25) is 5.91 Å². The van der Waals surface area contributed by atoms with Gasteiger partial charge >= 0.3 is 0 Å². The Bertz CT molecular complexity index is 259. The van der Waals surface area contributed by atoms with Crippen molar-refractivity contribution in [2.45, 2.75) is 57.9 Å². The highest BCUT2D eigenvalue weighted by atomic mass is 16.2. The van der Waals surface area contributed by atoms with Crippen molar-refractivity contribution in [2.24, 2.45) is 17.6 Å². The van der Waals surface area contributed by atoms with Crippen molar-refractivity contribution in [1.82, 2.24) is 4.90 Å². The lowest BCUT2D eigenvalue weighted by molar-refractivity contribution is -0.133. The summed E-state index contributed by atoms with van der Waals surface area (Å²) in [5.74, 6) is 1.64. The molecule has 2 fully saturated rings. The van der Waals surface area contributed by atoms with Gasteiger partial charge in [-0.3, -0.25) is 4.79 Å². The number of piperidine rings is 1. The van der Waals surface area contributed by atoms with Gasteiger partial charge in [-0.05, 0) is 37.5 Å². The van der Waals surface area contributed by atoms with Gasteiger partial charge in [-0.15, -0.1) is 0 Å². The van der Waals surface area contributed by atoms with Crippen LogP contribution in [-0.2, 0) is 4.79 Å². The summed E-state index contributed by atoms with van der Waals surface area (Å²) in [4.78, 5) is 14.2. The Morgan fingerprint density at radius 1 is 1.24 bits per heavy atom. The monoisotopic (exact) mass is 238 g/mol. The van der Waals surface area contributed by atoms with Gasteiger partial charge in [0, 0.05) is 25.6 Å². The van der Waals surface area contributed by atoms with Gasteiger partial charge in [0.05, 0.1) is 0 Å². The molecule has 0 radical (unpaired) electrons. The van der Waals surface area contributed by atoms with Gasteiger partial charge in [0.15, 0.2) is 0 Å². The number of nitrogens with zero attached hydrogens (tertiary/aromatic N) is 1. The standard InChI is InChI=1S/C14H26N2O/c1-2-11-6-8-16(9-7-11)14(17)10-12-4-3-5-13(12)15/h11-13H,2-10,15H2,1H3/t12-,13+/m0/s1. The van der Waals surface area contributed by atoms with E-state index in [0.717, 1.165) is 31.8 Å². The Labute approximate surface area is 105 Å². The number of carbonyl (C=O) groups is 1. The maximum Gasteiger partial charge on any atom is 0.222 e. The highest BCUT2D eigenvalue weighted by molar-refractivity contribution is 5.76. The van der Waals surface area contributed by atoms with Gasteiger partial charge in [-0.2, -0.15) is 0 Å². The SMILES string of the molecule is CCC1CCN(C(=O)C[C@@H]2CCC[C@H]2N)CC1. The normalized spacial score (nSPS) is 30.8. The van der Waals surface area contributed by atoms with Crippen LogP contribution in [0.2, 0.25) is 0 Å². The first-order valence-electron chi connectivity index (χ1n) is 7.24. The number of hydrogen-bond donors (Lipinski definition) is 1. The van der Waals surface area contributed by atoms with Crippen LogP contribution in [0.5, 0.6) is 0 Å². The summed E-state index contributed by atoms with van der Waals surface area (Å²) in [6.07, 6.45) is 7.80. The van der Waals surface area contributed by atoms with Crippen molar-refractivity contribution < 1.29 is 4.79 Å². The summed E-state index contributed by atoms with van der Waals surface area (Å²) in [7, 11) is 0. The average Bonchev–Trinajstić information content (AvgIpc) is 2.75. The second-order valence-electron chi connectivity index (χ2n) is 5.79. The first-order valence-corrected chi connectivity index (χ1v) is 7.24. The predicted molar refractivity (Wildman–Crippen MR) is 69.5 cm³/mol. The fraction of sp³-hybridized carbons (Fsp3) is 0.929. The van der Waals surface area contributed by atoms with Crippen molar-refractivity contribution in [1.29, 1.82) is 0 Å². The zero-order valence-corrected chi connectivity index (χ0v) is 11.0. The highest BCUT2D eigenvalue weighted by Crippen LogP contribution is 2.28. The molecule has 0 aromatic carbocycles. The van der Waals surface area contributed by atoms with Crippen LogP contribution < -0.4 is 5.73 Å². The summed E-state index contributed by atoms with van der Waals surface area (Å²) in [6.45, 7) is 4.19. The molecule has 1 saturated heterocycles. The number of carbonyl (C=O) groups excluding carboxylic acids is 1. The summed E-state index contributed by atoms with van der Waals surface area (Å²) >= 11 is 0. The fourth-order valence-electron chi connectivity index (χ4n) is 3.26. The molecule has 3 heteroatoms. The Hall–Kier alpha value is -0.570. The number of hydrogen-bond acceptors (Lipinski definition) is 2.